The molecule has 2 heterocycles. The quantitative estimate of drug-likeness (QED) is 0.546. The van der Waals surface area contributed by atoms with Crippen molar-refractivity contribution in [3.8, 4) is 0 Å². The first-order valence-electron chi connectivity index (χ1n) is 9.95. The summed E-state index contributed by atoms with van der Waals surface area (Å²) >= 11 is 11.4. The fourth-order valence-corrected chi connectivity index (χ4v) is 3.42. The lowest BCUT2D eigenvalue weighted by atomic mass is 10.2. The molecule has 0 aromatic carbocycles. The Bertz CT molecular complexity index is 773. The van der Waals surface area contributed by atoms with E-state index in [4.69, 9.17) is 23.2 Å². The highest BCUT2D eigenvalue weighted by Crippen LogP contribution is 2.36. The second-order valence-corrected chi connectivity index (χ2v) is 8.75. The van der Waals surface area contributed by atoms with Gasteiger partial charge < -0.3 is 20.9 Å². The first kappa shape index (κ1) is 22.1. The molecule has 0 radical (unpaired) electrons. The number of halogens is 2. The summed E-state index contributed by atoms with van der Waals surface area (Å²) in [6, 6.07) is 7.57. The van der Waals surface area contributed by atoms with Crippen LogP contribution in [0.2, 0.25) is 10.3 Å². The molecule has 4 rings (SSSR count). The minimum absolute atomic E-state index is 0.319. The molecule has 2 aromatic heterocycles. The maximum atomic E-state index is 5.75. The monoisotopic (exact) mass is 436 g/mol. The molecular weight excluding hydrogens is 407 g/mol. The molecule has 2 fully saturated rings. The van der Waals surface area contributed by atoms with Gasteiger partial charge in [0.25, 0.3) is 0 Å². The summed E-state index contributed by atoms with van der Waals surface area (Å²) in [5.74, 6) is 0. The highest BCUT2D eigenvalue weighted by molar-refractivity contribution is 6.29. The molecule has 3 N–H and O–H groups in total. The summed E-state index contributed by atoms with van der Waals surface area (Å²) in [6.45, 7) is 1.97. The van der Waals surface area contributed by atoms with Gasteiger partial charge in [0.05, 0.1) is 23.8 Å². The van der Waals surface area contributed by atoms with Crippen LogP contribution in [0, 0.1) is 0 Å². The zero-order chi connectivity index (χ0) is 20.9. The Labute approximate surface area is 183 Å². The number of aromatic nitrogens is 2. The molecule has 0 spiro atoms. The Morgan fingerprint density at radius 1 is 0.897 bits per heavy atom. The van der Waals surface area contributed by atoms with Crippen molar-refractivity contribution >= 4 is 34.6 Å². The van der Waals surface area contributed by atoms with Crippen LogP contribution in [-0.2, 0) is 0 Å². The smallest absolute Gasteiger partial charge is 0.129 e. The molecule has 29 heavy (non-hydrogen) atoms. The minimum atomic E-state index is 0.319. The average Bonchev–Trinajstić information content (AvgIpc) is 3.66. The lowest BCUT2D eigenvalue weighted by molar-refractivity contribution is 0.549. The number of pyridine rings is 2. The van der Waals surface area contributed by atoms with Gasteiger partial charge in [0.2, 0.25) is 0 Å². The van der Waals surface area contributed by atoms with Crippen molar-refractivity contribution in [3.63, 3.8) is 0 Å². The van der Waals surface area contributed by atoms with Crippen LogP contribution in [0.1, 0.15) is 25.7 Å². The fourth-order valence-electron chi connectivity index (χ4n) is 3.19. The summed E-state index contributed by atoms with van der Waals surface area (Å²) in [4.78, 5) is 10.3. The van der Waals surface area contributed by atoms with E-state index in [9.17, 15) is 0 Å². The van der Waals surface area contributed by atoms with E-state index < -0.39 is 0 Å². The van der Waals surface area contributed by atoms with Crippen molar-refractivity contribution in [2.45, 2.75) is 36.8 Å². The summed E-state index contributed by atoms with van der Waals surface area (Å²) in [5, 5.41) is 11.1. The molecule has 0 bridgehead atoms. The van der Waals surface area contributed by atoms with Crippen molar-refractivity contribution in [2.75, 3.05) is 44.4 Å². The number of nitrogens with one attached hydrogen (secondary N) is 3. The lowest BCUT2D eigenvalue weighted by Gasteiger charge is -2.25. The molecule has 2 aliphatic carbocycles. The van der Waals surface area contributed by atoms with Gasteiger partial charge in [-0.05, 0) is 64.0 Å². The van der Waals surface area contributed by atoms with E-state index in [-0.39, 0.29) is 0 Å². The number of anilines is 2. The number of hydrogen-bond donors (Lipinski definition) is 3. The van der Waals surface area contributed by atoms with Crippen LogP contribution in [0.25, 0.3) is 0 Å². The van der Waals surface area contributed by atoms with Crippen LogP contribution in [0.3, 0.4) is 0 Å². The second kappa shape index (κ2) is 9.47. The number of hydrogen-bond acceptors (Lipinski definition) is 6. The molecule has 0 amide bonds. The maximum absolute atomic E-state index is 5.75. The molecule has 0 aliphatic heterocycles. The normalized spacial score (nSPS) is 17.7. The largest absolute Gasteiger partial charge is 0.382 e. The molecule has 8 heteroatoms. The Kier molecular flexibility index (Phi) is 7.22. The standard InChI is InChI=1S/C11H16ClN3.C10H14ClN3/c1-13-11(5-6-11)8-15(2)9-3-4-10(12)14-7-9;1-12-10(4-5-10)7-14-8-2-3-9(11)13-6-8/h3-4,7,13H,5-6,8H2,1-2H3;2-3,6,12,14H,4-5,7H2,1H3. The van der Waals surface area contributed by atoms with Crippen molar-refractivity contribution in [1.29, 1.82) is 0 Å². The maximum Gasteiger partial charge on any atom is 0.129 e. The second-order valence-electron chi connectivity index (χ2n) is 7.98. The van der Waals surface area contributed by atoms with Crippen molar-refractivity contribution in [3.05, 3.63) is 47.0 Å². The Morgan fingerprint density at radius 3 is 1.93 bits per heavy atom. The van der Waals surface area contributed by atoms with Gasteiger partial charge >= 0.3 is 0 Å². The first-order valence-corrected chi connectivity index (χ1v) is 10.7. The van der Waals surface area contributed by atoms with E-state index >= 15 is 0 Å². The van der Waals surface area contributed by atoms with Crippen LogP contribution in [0.4, 0.5) is 11.4 Å². The molecule has 0 saturated heterocycles. The third-order valence-electron chi connectivity index (χ3n) is 5.82. The zero-order valence-electron chi connectivity index (χ0n) is 17.3. The fraction of sp³-hybridized carbons (Fsp3) is 0.524. The number of nitrogens with zero attached hydrogens (tertiary/aromatic N) is 3. The van der Waals surface area contributed by atoms with Gasteiger partial charge in [0.1, 0.15) is 10.3 Å². The SMILES string of the molecule is CNC1(CN(C)c2ccc(Cl)nc2)CC1.CNC1(CNc2ccc(Cl)nc2)CC1. The Balaban J connectivity index is 0.000000166. The van der Waals surface area contributed by atoms with Crippen LogP contribution in [0.15, 0.2) is 36.7 Å². The van der Waals surface area contributed by atoms with E-state index in [2.05, 4.69) is 37.9 Å². The number of likely N-dealkylation sites (N-methyl/N-ethyl adjacent to an activating group) is 3. The van der Waals surface area contributed by atoms with Crippen molar-refractivity contribution in [2.24, 2.45) is 0 Å². The molecule has 0 atom stereocenters. The molecular formula is C21H30Cl2N6. The number of rotatable bonds is 8. The van der Waals surface area contributed by atoms with Gasteiger partial charge in [-0.15, -0.1) is 0 Å². The molecule has 2 saturated carbocycles. The van der Waals surface area contributed by atoms with Crippen molar-refractivity contribution < 1.29 is 0 Å². The first-order chi connectivity index (χ1) is 13.9. The molecule has 0 unspecified atom stereocenters. The predicted octanol–water partition coefficient (Wildman–Crippen LogP) is 3.82. The van der Waals surface area contributed by atoms with Gasteiger partial charge in [-0.2, -0.15) is 0 Å². The van der Waals surface area contributed by atoms with Crippen LogP contribution < -0.4 is 20.9 Å². The molecule has 2 aliphatic rings. The highest BCUT2D eigenvalue weighted by atomic mass is 35.5. The summed E-state index contributed by atoms with van der Waals surface area (Å²) < 4.78 is 0. The van der Waals surface area contributed by atoms with Crippen LogP contribution in [0.5, 0.6) is 0 Å². The summed E-state index contributed by atoms with van der Waals surface area (Å²) in [6.07, 6.45) is 8.58. The highest BCUT2D eigenvalue weighted by Gasteiger charge is 2.42. The molecule has 6 nitrogen and oxygen atoms in total. The molecule has 158 valence electrons. The Morgan fingerprint density at radius 2 is 1.48 bits per heavy atom. The van der Waals surface area contributed by atoms with E-state index in [0.29, 0.717) is 21.4 Å². The van der Waals surface area contributed by atoms with Gasteiger partial charge in [-0.1, -0.05) is 23.2 Å². The van der Waals surface area contributed by atoms with Gasteiger partial charge in [-0.3, -0.25) is 0 Å². The topological polar surface area (TPSA) is 65.1 Å². The average molecular weight is 437 g/mol. The van der Waals surface area contributed by atoms with E-state index in [1.165, 1.54) is 25.7 Å². The van der Waals surface area contributed by atoms with Gasteiger partial charge in [0.15, 0.2) is 0 Å². The van der Waals surface area contributed by atoms with Gasteiger partial charge in [0, 0.05) is 31.2 Å². The summed E-state index contributed by atoms with van der Waals surface area (Å²) in [5.41, 5.74) is 2.78. The molecule has 2 aromatic rings. The van der Waals surface area contributed by atoms with Crippen LogP contribution >= 0.6 is 23.2 Å². The third kappa shape index (κ3) is 6.44. The third-order valence-corrected chi connectivity index (χ3v) is 6.27. The van der Waals surface area contributed by atoms with E-state index in [0.717, 1.165) is 24.5 Å². The van der Waals surface area contributed by atoms with E-state index in [1.807, 2.05) is 38.5 Å². The zero-order valence-corrected chi connectivity index (χ0v) is 18.8. The minimum Gasteiger partial charge on any atom is -0.382 e. The summed E-state index contributed by atoms with van der Waals surface area (Å²) in [7, 11) is 6.12. The van der Waals surface area contributed by atoms with Crippen molar-refractivity contribution in [1.82, 2.24) is 20.6 Å². The Hall–Kier alpha value is -1.60. The predicted molar refractivity (Wildman–Crippen MR) is 122 cm³/mol. The van der Waals surface area contributed by atoms with Crippen LogP contribution in [-0.4, -0.2) is 55.3 Å². The lowest BCUT2D eigenvalue weighted by Crippen LogP contribution is -2.39. The van der Waals surface area contributed by atoms with Gasteiger partial charge in [-0.25, -0.2) is 9.97 Å². The van der Waals surface area contributed by atoms with E-state index in [1.54, 1.807) is 12.3 Å².